The molecule has 7 heteroatoms. The fourth-order valence-electron chi connectivity index (χ4n) is 4.01. The number of aryl methyl sites for hydroxylation is 1. The third kappa shape index (κ3) is 7.77. The first-order valence-electron chi connectivity index (χ1n) is 12.1. The molecule has 0 bridgehead atoms. The summed E-state index contributed by atoms with van der Waals surface area (Å²) in [6, 6.07) is 8.24. The summed E-state index contributed by atoms with van der Waals surface area (Å²) in [4.78, 5) is 14.9. The van der Waals surface area contributed by atoms with Gasteiger partial charge in [0.25, 0.3) is 0 Å². The highest BCUT2D eigenvalue weighted by atomic mass is 35.5. The maximum absolute atomic E-state index is 12.9. The lowest BCUT2D eigenvalue weighted by Crippen LogP contribution is -2.32. The van der Waals surface area contributed by atoms with Crippen LogP contribution in [0.25, 0.3) is 6.08 Å². The summed E-state index contributed by atoms with van der Waals surface area (Å²) in [5.74, 6) is 0.842. The molecule has 0 unspecified atom stereocenters. The summed E-state index contributed by atoms with van der Waals surface area (Å²) in [5.41, 5.74) is 2.74. The summed E-state index contributed by atoms with van der Waals surface area (Å²) in [5, 5.41) is 20.8. The average Bonchev–Trinajstić information content (AvgIpc) is 2.78. The van der Waals surface area contributed by atoms with Gasteiger partial charge in [-0.2, -0.15) is 0 Å². The lowest BCUT2D eigenvalue weighted by molar-refractivity contribution is 0.0979. The number of halogens is 1. The number of fused-ring (bicyclic) bond motifs is 1. The number of likely N-dealkylation sites (N-methyl/N-ethyl adjacent to an activating group) is 1. The van der Waals surface area contributed by atoms with Crippen molar-refractivity contribution in [2.24, 2.45) is 0 Å². The molecule has 1 aliphatic heterocycles. The number of ketones is 1. The highest BCUT2D eigenvalue weighted by molar-refractivity contribution is 5.98. The smallest absolute Gasteiger partial charge is 0.169 e. The summed E-state index contributed by atoms with van der Waals surface area (Å²) in [6.45, 7) is 7.41. The van der Waals surface area contributed by atoms with Crippen molar-refractivity contribution in [3.63, 3.8) is 0 Å². The molecule has 0 aliphatic carbocycles. The number of carbonyl (C=O) groups is 1. The number of benzene rings is 2. The molecule has 1 aliphatic rings. The van der Waals surface area contributed by atoms with E-state index in [1.807, 2.05) is 44.1 Å². The molecule has 196 valence electrons. The van der Waals surface area contributed by atoms with Gasteiger partial charge in [0.1, 0.15) is 23.7 Å². The lowest BCUT2D eigenvalue weighted by atomic mass is 9.91. The average molecular weight is 516 g/mol. The molecule has 2 aromatic carbocycles. The molecule has 3 rings (SSSR count). The van der Waals surface area contributed by atoms with E-state index in [4.69, 9.17) is 9.47 Å². The number of rotatable bonds is 11. The number of nitrogens with zero attached hydrogens (tertiary/aromatic N) is 1. The van der Waals surface area contributed by atoms with Crippen LogP contribution in [0.3, 0.4) is 0 Å². The lowest BCUT2D eigenvalue weighted by Gasteiger charge is -2.32. The monoisotopic (exact) mass is 515 g/mol. The van der Waals surface area contributed by atoms with Gasteiger partial charge in [-0.15, -0.1) is 12.4 Å². The van der Waals surface area contributed by atoms with E-state index in [1.54, 1.807) is 18.2 Å². The van der Waals surface area contributed by atoms with Crippen LogP contribution in [-0.4, -0.2) is 53.7 Å². The van der Waals surface area contributed by atoms with Gasteiger partial charge in [0.15, 0.2) is 17.3 Å². The number of ether oxygens (including phenoxy) is 2. The van der Waals surface area contributed by atoms with Crippen LogP contribution in [0.1, 0.15) is 61.5 Å². The number of aromatic hydroxyl groups is 2. The Hall–Kier alpha value is -2.96. The molecule has 0 radical (unpaired) electrons. The zero-order valence-corrected chi connectivity index (χ0v) is 22.7. The molecule has 1 atom stereocenters. The number of Topliss-reactive ketones (excluding diaryl/α,β-unsaturated/α-hetero) is 1. The Morgan fingerprint density at radius 2 is 1.89 bits per heavy atom. The summed E-state index contributed by atoms with van der Waals surface area (Å²) in [6.07, 6.45) is 8.55. The van der Waals surface area contributed by atoms with Gasteiger partial charge in [0, 0.05) is 24.6 Å². The molecule has 36 heavy (non-hydrogen) atoms. The minimum atomic E-state index is -0.507. The van der Waals surface area contributed by atoms with Gasteiger partial charge in [-0.25, -0.2) is 0 Å². The maximum Gasteiger partial charge on any atom is 0.169 e. The van der Waals surface area contributed by atoms with Crippen molar-refractivity contribution in [3.8, 4) is 23.0 Å². The molecule has 0 saturated heterocycles. The first-order chi connectivity index (χ1) is 16.6. The maximum atomic E-state index is 12.9. The second-order valence-electron chi connectivity index (χ2n) is 9.81. The Morgan fingerprint density at radius 1 is 1.14 bits per heavy atom. The Kier molecular flexibility index (Phi) is 10.4. The van der Waals surface area contributed by atoms with Crippen LogP contribution in [0, 0.1) is 0 Å². The molecule has 1 heterocycles. The number of allylic oxidation sites excluding steroid dienone is 2. The van der Waals surface area contributed by atoms with Crippen molar-refractivity contribution in [2.45, 2.75) is 52.1 Å². The predicted molar refractivity (Wildman–Crippen MR) is 147 cm³/mol. The summed E-state index contributed by atoms with van der Waals surface area (Å²) < 4.78 is 11.9. The molecule has 2 N–H and O–H groups in total. The van der Waals surface area contributed by atoms with Crippen molar-refractivity contribution < 1.29 is 24.5 Å². The third-order valence-electron chi connectivity index (χ3n) is 6.09. The molecular weight excluding hydrogens is 478 g/mol. The molecule has 2 aromatic rings. The van der Waals surface area contributed by atoms with Crippen molar-refractivity contribution in [1.82, 2.24) is 4.90 Å². The molecule has 0 spiro atoms. The number of hydrogen-bond donors (Lipinski definition) is 2. The van der Waals surface area contributed by atoms with Gasteiger partial charge in [-0.1, -0.05) is 23.8 Å². The van der Waals surface area contributed by atoms with Gasteiger partial charge in [0.05, 0.1) is 5.56 Å². The van der Waals surface area contributed by atoms with Crippen LogP contribution in [0.15, 0.2) is 48.1 Å². The normalized spacial score (nSPS) is 16.1. The van der Waals surface area contributed by atoms with Gasteiger partial charge in [0.2, 0.25) is 0 Å². The van der Waals surface area contributed by atoms with Gasteiger partial charge < -0.3 is 24.6 Å². The van der Waals surface area contributed by atoms with Crippen molar-refractivity contribution in [3.05, 3.63) is 64.7 Å². The molecule has 0 saturated carbocycles. The molecule has 0 aromatic heterocycles. The predicted octanol–water partition coefficient (Wildman–Crippen LogP) is 6.19. The zero-order chi connectivity index (χ0) is 25.6. The van der Waals surface area contributed by atoms with Crippen molar-refractivity contribution >= 4 is 24.3 Å². The van der Waals surface area contributed by atoms with Crippen LogP contribution >= 0.6 is 12.4 Å². The van der Waals surface area contributed by atoms with E-state index < -0.39 is 5.60 Å². The van der Waals surface area contributed by atoms with E-state index in [9.17, 15) is 15.0 Å². The van der Waals surface area contributed by atoms with Gasteiger partial charge >= 0.3 is 0 Å². The number of phenolic OH excluding ortho intramolecular Hbond substituents is 2. The standard InChI is InChI=1S/C29H37NO5.ClH/c1-20(2)7-6-15-29(3)16-14-23-21(9-13-26(32)28(23)35-29)8-12-25(31)24-11-10-22(19-27(24)33)34-18-17-30(4)5;/h7,9-11,13-14,16,19,32-33H,6,8,12,15,17-18H2,1-5H3;1H/t29-;/m1./s1. The number of carbonyl (C=O) groups excluding carboxylic acids is 1. The summed E-state index contributed by atoms with van der Waals surface area (Å²) in [7, 11) is 3.92. The number of phenols is 2. The Bertz CT molecular complexity index is 1120. The fraction of sp³-hybridized carbons (Fsp3) is 0.414. The molecule has 0 fully saturated rings. The van der Waals surface area contributed by atoms with Crippen LogP contribution in [-0.2, 0) is 6.42 Å². The minimum Gasteiger partial charge on any atom is -0.507 e. The zero-order valence-electron chi connectivity index (χ0n) is 21.8. The molecule has 6 nitrogen and oxygen atoms in total. The third-order valence-corrected chi connectivity index (χ3v) is 6.09. The van der Waals surface area contributed by atoms with Crippen LogP contribution in [0.2, 0.25) is 0 Å². The highest BCUT2D eigenvalue weighted by Crippen LogP contribution is 2.42. The van der Waals surface area contributed by atoms with E-state index in [0.29, 0.717) is 24.5 Å². The Morgan fingerprint density at radius 3 is 2.56 bits per heavy atom. The topological polar surface area (TPSA) is 79.2 Å². The van der Waals surface area contributed by atoms with Crippen LogP contribution < -0.4 is 9.47 Å². The first kappa shape index (κ1) is 29.3. The quantitative estimate of drug-likeness (QED) is 0.274. The van der Waals surface area contributed by atoms with E-state index in [0.717, 1.165) is 30.5 Å². The second-order valence-corrected chi connectivity index (χ2v) is 9.81. The van der Waals surface area contributed by atoms with Gasteiger partial charge in [-0.05, 0) is 84.0 Å². The van der Waals surface area contributed by atoms with Gasteiger partial charge in [-0.3, -0.25) is 4.79 Å². The number of hydrogen-bond acceptors (Lipinski definition) is 6. The van der Waals surface area contributed by atoms with E-state index in [2.05, 4.69) is 19.9 Å². The molecular formula is C29H38ClNO5. The second kappa shape index (κ2) is 12.8. The largest absolute Gasteiger partial charge is 0.507 e. The Labute approximate surface area is 220 Å². The van der Waals surface area contributed by atoms with Crippen molar-refractivity contribution in [2.75, 3.05) is 27.2 Å². The summed E-state index contributed by atoms with van der Waals surface area (Å²) >= 11 is 0. The van der Waals surface area contributed by atoms with Crippen molar-refractivity contribution in [1.29, 1.82) is 0 Å². The first-order valence-corrected chi connectivity index (χ1v) is 12.1. The SMILES string of the molecule is CC(C)=CCC[C@]1(C)C=Cc2c(CCC(=O)c3ccc(OCCN(C)C)cc3O)ccc(O)c2O1.Cl. The minimum absolute atomic E-state index is 0. The molecule has 0 amide bonds. The van der Waals surface area contributed by atoms with E-state index in [1.165, 1.54) is 11.6 Å². The highest BCUT2D eigenvalue weighted by Gasteiger charge is 2.29. The fourth-order valence-corrected chi connectivity index (χ4v) is 4.01. The van der Waals surface area contributed by atoms with Crippen LogP contribution in [0.4, 0.5) is 0 Å². The van der Waals surface area contributed by atoms with E-state index >= 15 is 0 Å². The van der Waals surface area contributed by atoms with Crippen LogP contribution in [0.5, 0.6) is 23.0 Å². The van der Waals surface area contributed by atoms with E-state index in [-0.39, 0.29) is 41.7 Å². The Balaban J connectivity index is 0.00000456.